The van der Waals surface area contributed by atoms with Gasteiger partial charge in [0.1, 0.15) is 5.60 Å². The van der Waals surface area contributed by atoms with Crippen LogP contribution < -0.4 is 0 Å². The third-order valence-corrected chi connectivity index (χ3v) is 8.32. The van der Waals surface area contributed by atoms with Crippen LogP contribution in [0, 0.1) is 23.2 Å². The Hall–Kier alpha value is -1.32. The summed E-state index contributed by atoms with van der Waals surface area (Å²) >= 11 is 0. The molecular weight excluding hydrogens is 408 g/mol. The largest absolute Gasteiger partial charge is 0.490 e. The quantitative estimate of drug-likeness (QED) is 0.209. The van der Waals surface area contributed by atoms with Crippen LogP contribution in [0.4, 0.5) is 0 Å². The molecule has 0 aromatic carbocycles. The molecule has 0 radical (unpaired) electrons. The van der Waals surface area contributed by atoms with Gasteiger partial charge in [-0.1, -0.05) is 64.3 Å². The zero-order chi connectivity index (χ0) is 24.5. The summed E-state index contributed by atoms with van der Waals surface area (Å²) < 4.78 is 6.10. The monoisotopic (exact) mass is 458 g/mol. The molecule has 33 heavy (non-hydrogen) atoms. The Morgan fingerprint density at radius 2 is 2.12 bits per heavy atom. The molecule has 6 atom stereocenters. The average molecular weight is 459 g/mol. The molecule has 0 amide bonds. The first kappa shape index (κ1) is 27.9. The Kier molecular flexibility index (Phi) is 11.0. The summed E-state index contributed by atoms with van der Waals surface area (Å²) in [5.74, 6) is 3.03. The fourth-order valence-corrected chi connectivity index (χ4v) is 6.03. The minimum Gasteiger partial charge on any atom is -0.490 e. The maximum absolute atomic E-state index is 10.0. The van der Waals surface area contributed by atoms with Gasteiger partial charge in [-0.15, -0.1) is 6.58 Å². The molecule has 5 unspecified atom stereocenters. The molecule has 1 saturated carbocycles. The van der Waals surface area contributed by atoms with Crippen molar-refractivity contribution in [2.24, 2.45) is 23.2 Å². The lowest BCUT2D eigenvalue weighted by atomic mass is 9.71. The molecule has 0 aromatic heterocycles. The van der Waals surface area contributed by atoms with E-state index in [1.165, 1.54) is 37.7 Å². The summed E-state index contributed by atoms with van der Waals surface area (Å²) in [6.45, 7) is 14.8. The van der Waals surface area contributed by atoms with Gasteiger partial charge in [0, 0.05) is 0 Å². The highest BCUT2D eigenvalue weighted by Gasteiger charge is 2.47. The molecule has 0 aromatic rings. The van der Waals surface area contributed by atoms with Crippen molar-refractivity contribution in [3.63, 3.8) is 0 Å². The van der Waals surface area contributed by atoms with Gasteiger partial charge in [0.05, 0.1) is 18.5 Å². The second kappa shape index (κ2) is 13.0. The minimum atomic E-state index is -0.507. The summed E-state index contributed by atoms with van der Waals surface area (Å²) in [4.78, 5) is 0. The van der Waals surface area contributed by atoms with Gasteiger partial charge in [0.25, 0.3) is 0 Å². The summed E-state index contributed by atoms with van der Waals surface area (Å²) in [5.41, 5.74) is 1.09. The molecule has 0 aliphatic heterocycles. The predicted molar refractivity (Wildman–Crippen MR) is 140 cm³/mol. The molecule has 2 rings (SSSR count). The summed E-state index contributed by atoms with van der Waals surface area (Å²) in [5, 5.41) is 19.7. The van der Waals surface area contributed by atoms with E-state index in [4.69, 9.17) is 4.74 Å². The second-order valence-electron chi connectivity index (χ2n) is 11.0. The second-order valence-corrected chi connectivity index (χ2v) is 11.0. The first-order chi connectivity index (χ1) is 15.7. The van der Waals surface area contributed by atoms with Crippen molar-refractivity contribution in [1.82, 2.24) is 0 Å². The lowest BCUT2D eigenvalue weighted by molar-refractivity contribution is -0.0300. The first-order valence-corrected chi connectivity index (χ1v) is 13.4. The van der Waals surface area contributed by atoms with Crippen LogP contribution in [-0.4, -0.2) is 28.5 Å². The number of aliphatic hydroxyl groups excluding tert-OH is 2. The van der Waals surface area contributed by atoms with Crippen LogP contribution in [0.15, 0.2) is 48.3 Å². The van der Waals surface area contributed by atoms with Crippen molar-refractivity contribution in [2.45, 2.75) is 111 Å². The molecule has 3 heteroatoms. The van der Waals surface area contributed by atoms with E-state index in [1.54, 1.807) is 0 Å². The van der Waals surface area contributed by atoms with Gasteiger partial charge < -0.3 is 14.9 Å². The van der Waals surface area contributed by atoms with E-state index < -0.39 is 5.60 Å². The molecule has 1 fully saturated rings. The molecule has 0 bridgehead atoms. The number of aliphatic hydroxyl groups is 2. The van der Waals surface area contributed by atoms with E-state index >= 15 is 0 Å². The van der Waals surface area contributed by atoms with E-state index in [0.29, 0.717) is 5.92 Å². The number of ether oxygens (including phenoxy) is 1. The number of hydrogen-bond donors (Lipinski definition) is 2. The summed E-state index contributed by atoms with van der Waals surface area (Å²) in [6, 6.07) is 0. The molecular formula is C30H50O3. The fourth-order valence-electron chi connectivity index (χ4n) is 6.03. The van der Waals surface area contributed by atoms with Crippen molar-refractivity contribution >= 4 is 0 Å². The van der Waals surface area contributed by atoms with Gasteiger partial charge in [-0.25, -0.2) is 0 Å². The van der Waals surface area contributed by atoms with Gasteiger partial charge in [0.2, 0.25) is 0 Å². The topological polar surface area (TPSA) is 49.7 Å². The number of unbranched alkanes of at least 4 members (excludes halogenated alkanes) is 1. The Balaban J connectivity index is 2.25. The number of hydrogen-bond acceptors (Lipinski definition) is 3. The third kappa shape index (κ3) is 7.59. The molecule has 2 N–H and O–H groups in total. The van der Waals surface area contributed by atoms with E-state index in [9.17, 15) is 10.2 Å². The van der Waals surface area contributed by atoms with Crippen LogP contribution in [0.3, 0.4) is 0 Å². The van der Waals surface area contributed by atoms with Crippen molar-refractivity contribution < 1.29 is 14.9 Å². The van der Waals surface area contributed by atoms with Gasteiger partial charge in [-0.05, 0) is 93.6 Å². The smallest absolute Gasteiger partial charge is 0.128 e. The average Bonchev–Trinajstić information content (AvgIpc) is 3.18. The molecule has 2 aliphatic carbocycles. The van der Waals surface area contributed by atoms with E-state index in [-0.39, 0.29) is 18.1 Å². The molecule has 2 aliphatic rings. The van der Waals surface area contributed by atoms with Crippen LogP contribution in [0.2, 0.25) is 0 Å². The predicted octanol–water partition coefficient (Wildman–Crippen LogP) is 7.51. The Morgan fingerprint density at radius 3 is 2.70 bits per heavy atom. The van der Waals surface area contributed by atoms with Crippen LogP contribution in [-0.2, 0) is 4.74 Å². The van der Waals surface area contributed by atoms with Crippen molar-refractivity contribution in [3.05, 3.63) is 48.3 Å². The van der Waals surface area contributed by atoms with E-state index in [0.717, 1.165) is 49.7 Å². The maximum atomic E-state index is 10.0. The summed E-state index contributed by atoms with van der Waals surface area (Å²) in [7, 11) is 0. The Morgan fingerprint density at radius 1 is 1.36 bits per heavy atom. The van der Waals surface area contributed by atoms with E-state index in [2.05, 4.69) is 44.7 Å². The minimum absolute atomic E-state index is 0.0284. The van der Waals surface area contributed by atoms with Gasteiger partial charge in [-0.3, -0.25) is 0 Å². The zero-order valence-corrected chi connectivity index (χ0v) is 22.0. The molecule has 188 valence electrons. The maximum Gasteiger partial charge on any atom is 0.128 e. The number of rotatable bonds is 14. The van der Waals surface area contributed by atoms with Crippen LogP contribution in [0.25, 0.3) is 0 Å². The lowest BCUT2D eigenvalue weighted by Gasteiger charge is -2.34. The lowest BCUT2D eigenvalue weighted by Crippen LogP contribution is -2.31. The van der Waals surface area contributed by atoms with E-state index in [1.807, 2.05) is 26.8 Å². The molecule has 0 spiro atoms. The van der Waals surface area contributed by atoms with Gasteiger partial charge in [-0.2, -0.15) is 0 Å². The van der Waals surface area contributed by atoms with Crippen molar-refractivity contribution in [3.8, 4) is 0 Å². The van der Waals surface area contributed by atoms with Crippen LogP contribution in [0.5, 0.6) is 0 Å². The Labute approximate surface area is 203 Å². The third-order valence-electron chi connectivity index (χ3n) is 8.32. The summed E-state index contributed by atoms with van der Waals surface area (Å²) in [6.07, 6.45) is 21.4. The standard InChI is InChI=1S/C30H50O3/c1-7-10-14-25-20-30(21-28(25)23(4)12-8-2,26-15-17-27(32)18-16-26)19-11-13-24(5)33-29(6,9-3)22-31/h8,13,15-17,23,25,27-28,31-32H,2,7,9-12,14,18-22H2,1,3-6H3/b24-13+/t23-,25?,27?,28?,29?,30?/m1/s1. The molecule has 0 heterocycles. The zero-order valence-electron chi connectivity index (χ0n) is 22.0. The van der Waals surface area contributed by atoms with Crippen molar-refractivity contribution in [1.29, 1.82) is 0 Å². The SMILES string of the molecule is C=CC[C@@H](C)C1CC(CC/C=C(\C)OC(C)(CC)CO)(C2=CCC(O)C=C2)CC1CCCC. The number of allylic oxidation sites excluding steroid dienone is 5. The first-order valence-electron chi connectivity index (χ1n) is 13.4. The molecule has 0 saturated heterocycles. The highest BCUT2D eigenvalue weighted by molar-refractivity contribution is 5.33. The Bertz CT molecular complexity index is 699. The highest BCUT2D eigenvalue weighted by Crippen LogP contribution is 2.57. The highest BCUT2D eigenvalue weighted by atomic mass is 16.5. The normalized spacial score (nSPS) is 30.6. The van der Waals surface area contributed by atoms with Gasteiger partial charge >= 0.3 is 0 Å². The molecule has 3 nitrogen and oxygen atoms in total. The van der Waals surface area contributed by atoms with Crippen LogP contribution in [0.1, 0.15) is 98.8 Å². The fraction of sp³-hybridized carbons (Fsp3) is 0.733. The van der Waals surface area contributed by atoms with Crippen molar-refractivity contribution in [2.75, 3.05) is 6.61 Å². The van der Waals surface area contributed by atoms with Crippen LogP contribution >= 0.6 is 0 Å². The van der Waals surface area contributed by atoms with Gasteiger partial charge in [0.15, 0.2) is 0 Å².